The van der Waals surface area contributed by atoms with Crippen molar-refractivity contribution in [2.24, 2.45) is 5.41 Å². The summed E-state index contributed by atoms with van der Waals surface area (Å²) >= 11 is 3.34. The van der Waals surface area contributed by atoms with Crippen molar-refractivity contribution in [2.75, 3.05) is 13.1 Å². The lowest BCUT2D eigenvalue weighted by molar-refractivity contribution is -0.147. The van der Waals surface area contributed by atoms with E-state index < -0.39 is 11.4 Å². The van der Waals surface area contributed by atoms with Gasteiger partial charge in [0.1, 0.15) is 0 Å². The second-order valence-corrected chi connectivity index (χ2v) is 5.71. The van der Waals surface area contributed by atoms with Crippen LogP contribution in [0.4, 0.5) is 0 Å². The predicted molar refractivity (Wildman–Crippen MR) is 67.6 cm³/mol. The highest BCUT2D eigenvalue weighted by molar-refractivity contribution is 9.10. The number of carbonyl (C=O) groups is 1. The third-order valence-corrected chi connectivity index (χ3v) is 3.71. The molecular weight excluding hydrogens is 284 g/mol. The molecule has 1 aliphatic rings. The molecule has 0 saturated carbocycles. The molecule has 1 aliphatic heterocycles. The summed E-state index contributed by atoms with van der Waals surface area (Å²) in [5, 5.41) is 9.14. The number of pyridine rings is 1. The molecule has 0 amide bonds. The monoisotopic (exact) mass is 298 g/mol. The molecule has 1 N–H and O–H groups in total. The average molecular weight is 299 g/mol. The van der Waals surface area contributed by atoms with Crippen LogP contribution in [0.15, 0.2) is 22.8 Å². The summed E-state index contributed by atoms with van der Waals surface area (Å²) in [4.78, 5) is 17.6. The normalized spacial score (nSPS) is 25.1. The molecule has 92 valence electrons. The van der Waals surface area contributed by atoms with Crippen LogP contribution in [0, 0.1) is 5.41 Å². The van der Waals surface area contributed by atoms with E-state index in [-0.39, 0.29) is 0 Å². The highest BCUT2D eigenvalue weighted by atomic mass is 79.9. The first-order valence-corrected chi connectivity index (χ1v) is 6.35. The quantitative estimate of drug-likeness (QED) is 0.929. The summed E-state index contributed by atoms with van der Waals surface area (Å²) in [7, 11) is 0. The zero-order valence-electron chi connectivity index (χ0n) is 9.69. The van der Waals surface area contributed by atoms with Gasteiger partial charge in [-0.2, -0.15) is 0 Å². The summed E-state index contributed by atoms with van der Waals surface area (Å²) in [6.07, 6.45) is 2.47. The van der Waals surface area contributed by atoms with Crippen molar-refractivity contribution < 1.29 is 9.90 Å². The van der Waals surface area contributed by atoms with Crippen LogP contribution in [0.25, 0.3) is 0 Å². The smallest absolute Gasteiger partial charge is 0.310 e. The minimum Gasteiger partial charge on any atom is -0.481 e. The van der Waals surface area contributed by atoms with E-state index in [1.165, 1.54) is 0 Å². The molecule has 17 heavy (non-hydrogen) atoms. The standard InChI is InChI=1S/C12H15BrN2O2/c1-12(11(16)17)4-5-15(8-12)7-10-3-2-9(13)6-14-10/h2-3,6H,4-5,7-8H2,1H3,(H,16,17). The SMILES string of the molecule is CC1(C(=O)O)CCN(Cc2ccc(Br)cn2)C1. The van der Waals surface area contributed by atoms with Crippen LogP contribution in [-0.2, 0) is 11.3 Å². The Morgan fingerprint density at radius 2 is 2.41 bits per heavy atom. The van der Waals surface area contributed by atoms with Gasteiger partial charge in [-0.05, 0) is 48.0 Å². The Labute approximate surface area is 109 Å². The zero-order valence-corrected chi connectivity index (χ0v) is 11.3. The van der Waals surface area contributed by atoms with E-state index in [2.05, 4.69) is 25.8 Å². The van der Waals surface area contributed by atoms with E-state index in [0.717, 1.165) is 23.3 Å². The first kappa shape index (κ1) is 12.5. The Morgan fingerprint density at radius 3 is 2.94 bits per heavy atom. The number of nitrogens with zero attached hydrogens (tertiary/aromatic N) is 2. The Bertz CT molecular complexity index is 421. The molecule has 2 heterocycles. The molecule has 0 bridgehead atoms. The fourth-order valence-electron chi connectivity index (χ4n) is 2.10. The lowest BCUT2D eigenvalue weighted by Gasteiger charge is -2.19. The van der Waals surface area contributed by atoms with Crippen LogP contribution in [-0.4, -0.2) is 34.0 Å². The summed E-state index contributed by atoms with van der Waals surface area (Å²) in [5.74, 6) is -0.705. The van der Waals surface area contributed by atoms with Crippen molar-refractivity contribution in [2.45, 2.75) is 19.9 Å². The van der Waals surface area contributed by atoms with Crippen LogP contribution >= 0.6 is 15.9 Å². The zero-order chi connectivity index (χ0) is 12.5. The summed E-state index contributed by atoms with van der Waals surface area (Å²) < 4.78 is 0.957. The van der Waals surface area contributed by atoms with Crippen molar-refractivity contribution in [3.63, 3.8) is 0 Å². The van der Waals surface area contributed by atoms with Gasteiger partial charge in [-0.3, -0.25) is 14.7 Å². The van der Waals surface area contributed by atoms with Crippen molar-refractivity contribution in [1.29, 1.82) is 0 Å². The molecule has 4 nitrogen and oxygen atoms in total. The third kappa shape index (κ3) is 2.84. The molecule has 5 heteroatoms. The molecule has 1 saturated heterocycles. The Balaban J connectivity index is 1.98. The number of hydrogen-bond donors (Lipinski definition) is 1. The number of rotatable bonds is 3. The molecule has 2 rings (SSSR count). The van der Waals surface area contributed by atoms with Crippen molar-refractivity contribution in [3.8, 4) is 0 Å². The highest BCUT2D eigenvalue weighted by Crippen LogP contribution is 2.30. The number of aliphatic carboxylic acids is 1. The second-order valence-electron chi connectivity index (χ2n) is 4.79. The van der Waals surface area contributed by atoms with Gasteiger partial charge in [0, 0.05) is 23.8 Å². The maximum Gasteiger partial charge on any atom is 0.310 e. The van der Waals surface area contributed by atoms with E-state index >= 15 is 0 Å². The largest absolute Gasteiger partial charge is 0.481 e. The van der Waals surface area contributed by atoms with E-state index in [1.54, 1.807) is 6.20 Å². The Hall–Kier alpha value is -0.940. The number of likely N-dealkylation sites (tertiary alicyclic amines) is 1. The van der Waals surface area contributed by atoms with E-state index in [1.807, 2.05) is 19.1 Å². The van der Waals surface area contributed by atoms with Gasteiger partial charge in [-0.1, -0.05) is 0 Å². The Morgan fingerprint density at radius 1 is 1.65 bits per heavy atom. The molecule has 0 aromatic carbocycles. The Kier molecular flexibility index (Phi) is 3.49. The van der Waals surface area contributed by atoms with Crippen LogP contribution in [0.5, 0.6) is 0 Å². The van der Waals surface area contributed by atoms with Crippen LogP contribution in [0.1, 0.15) is 19.0 Å². The lowest BCUT2D eigenvalue weighted by atomic mass is 9.90. The maximum atomic E-state index is 11.1. The van der Waals surface area contributed by atoms with E-state index in [9.17, 15) is 4.79 Å². The van der Waals surface area contributed by atoms with Gasteiger partial charge < -0.3 is 5.11 Å². The molecule has 1 unspecified atom stereocenters. The van der Waals surface area contributed by atoms with Gasteiger partial charge in [0.15, 0.2) is 0 Å². The van der Waals surface area contributed by atoms with Gasteiger partial charge in [-0.25, -0.2) is 0 Å². The van der Waals surface area contributed by atoms with Gasteiger partial charge in [0.25, 0.3) is 0 Å². The predicted octanol–water partition coefficient (Wildman–Crippen LogP) is 2.14. The van der Waals surface area contributed by atoms with Crippen LogP contribution in [0.2, 0.25) is 0 Å². The third-order valence-electron chi connectivity index (χ3n) is 3.24. The molecule has 1 atom stereocenters. The number of carboxylic acids is 1. The van der Waals surface area contributed by atoms with Crippen molar-refractivity contribution >= 4 is 21.9 Å². The molecule has 0 spiro atoms. The van der Waals surface area contributed by atoms with E-state index in [4.69, 9.17) is 5.11 Å². The average Bonchev–Trinajstić information content (AvgIpc) is 2.65. The fraction of sp³-hybridized carbons (Fsp3) is 0.500. The summed E-state index contributed by atoms with van der Waals surface area (Å²) in [6.45, 7) is 3.95. The summed E-state index contributed by atoms with van der Waals surface area (Å²) in [5.41, 5.74) is 0.373. The maximum absolute atomic E-state index is 11.1. The number of halogens is 1. The number of aromatic nitrogens is 1. The molecule has 0 aliphatic carbocycles. The highest BCUT2D eigenvalue weighted by Gasteiger charge is 2.40. The first-order valence-electron chi connectivity index (χ1n) is 5.56. The molecule has 0 radical (unpaired) electrons. The van der Waals surface area contributed by atoms with Crippen molar-refractivity contribution in [1.82, 2.24) is 9.88 Å². The van der Waals surface area contributed by atoms with Crippen LogP contribution < -0.4 is 0 Å². The van der Waals surface area contributed by atoms with Gasteiger partial charge in [0.2, 0.25) is 0 Å². The minimum absolute atomic E-state index is 0.597. The van der Waals surface area contributed by atoms with Gasteiger partial charge in [-0.15, -0.1) is 0 Å². The number of hydrogen-bond acceptors (Lipinski definition) is 3. The topological polar surface area (TPSA) is 53.4 Å². The fourth-order valence-corrected chi connectivity index (χ4v) is 2.33. The molecule has 1 aromatic heterocycles. The summed E-state index contributed by atoms with van der Waals surface area (Å²) in [6, 6.07) is 3.91. The second kappa shape index (κ2) is 4.74. The molecule has 1 aromatic rings. The molecule has 1 fully saturated rings. The van der Waals surface area contributed by atoms with Gasteiger partial charge in [0.05, 0.1) is 11.1 Å². The minimum atomic E-state index is -0.705. The van der Waals surface area contributed by atoms with Gasteiger partial charge >= 0.3 is 5.97 Å². The number of carboxylic acid groups (broad SMARTS) is 1. The van der Waals surface area contributed by atoms with Crippen LogP contribution in [0.3, 0.4) is 0 Å². The van der Waals surface area contributed by atoms with Crippen molar-refractivity contribution in [3.05, 3.63) is 28.5 Å². The lowest BCUT2D eigenvalue weighted by Crippen LogP contribution is -2.31. The first-order chi connectivity index (χ1) is 7.99. The molecular formula is C12H15BrN2O2. The van der Waals surface area contributed by atoms with E-state index in [0.29, 0.717) is 13.0 Å².